The molecule has 1 aromatic rings. The van der Waals surface area contributed by atoms with Gasteiger partial charge in [0.25, 0.3) is 0 Å². The third-order valence-corrected chi connectivity index (χ3v) is 2.82. The third kappa shape index (κ3) is 4.48. The predicted molar refractivity (Wildman–Crippen MR) is 65.1 cm³/mol. The summed E-state index contributed by atoms with van der Waals surface area (Å²) in [5.74, 6) is 0. The van der Waals surface area contributed by atoms with Crippen molar-refractivity contribution < 1.29 is 5.11 Å². The second-order valence-corrected chi connectivity index (χ2v) is 4.15. The van der Waals surface area contributed by atoms with E-state index in [1.54, 1.807) is 0 Å². The van der Waals surface area contributed by atoms with Crippen molar-refractivity contribution in [1.29, 1.82) is 0 Å². The molecule has 0 radical (unpaired) electrons. The molecule has 0 saturated carbocycles. The second-order valence-electron chi connectivity index (χ2n) is 4.15. The van der Waals surface area contributed by atoms with Crippen LogP contribution in [0.1, 0.15) is 44.2 Å². The first-order chi connectivity index (χ1) is 7.26. The lowest BCUT2D eigenvalue weighted by Gasteiger charge is -2.09. The number of aliphatic hydroxyl groups excluding tert-OH is 1. The summed E-state index contributed by atoms with van der Waals surface area (Å²) in [6.07, 6.45) is 4.84. The van der Waals surface area contributed by atoms with Gasteiger partial charge in [0, 0.05) is 0 Å². The molecule has 1 nitrogen and oxygen atoms in total. The van der Waals surface area contributed by atoms with Crippen LogP contribution in [-0.4, -0.2) is 11.2 Å². The topological polar surface area (TPSA) is 20.2 Å². The van der Waals surface area contributed by atoms with Crippen molar-refractivity contribution in [3.63, 3.8) is 0 Å². The van der Waals surface area contributed by atoms with Crippen LogP contribution < -0.4 is 0 Å². The van der Waals surface area contributed by atoms with Crippen LogP contribution in [0.15, 0.2) is 24.3 Å². The highest BCUT2D eigenvalue weighted by atomic mass is 16.3. The molecule has 1 N–H and O–H groups in total. The fraction of sp³-hybridized carbons (Fsp3) is 0.571. The molecular formula is C14H22O. The highest BCUT2D eigenvalue weighted by Gasteiger charge is 2.02. The van der Waals surface area contributed by atoms with Crippen LogP contribution in [0.2, 0.25) is 0 Å². The molecule has 1 rings (SSSR count). The van der Waals surface area contributed by atoms with Gasteiger partial charge in [-0.1, -0.05) is 44.5 Å². The molecule has 0 heterocycles. The maximum Gasteiger partial charge on any atom is 0.0543 e. The SMILES string of the molecule is CCCC(O)CCc1ccc(CC)cc1. The zero-order chi connectivity index (χ0) is 11.1. The van der Waals surface area contributed by atoms with E-state index in [1.165, 1.54) is 11.1 Å². The van der Waals surface area contributed by atoms with Gasteiger partial charge < -0.3 is 5.11 Å². The molecule has 84 valence electrons. The number of aryl methyl sites for hydroxylation is 2. The smallest absolute Gasteiger partial charge is 0.0543 e. The number of aliphatic hydroxyl groups is 1. The van der Waals surface area contributed by atoms with E-state index in [0.717, 1.165) is 32.1 Å². The zero-order valence-electron chi connectivity index (χ0n) is 9.87. The molecular weight excluding hydrogens is 184 g/mol. The maximum atomic E-state index is 9.61. The number of rotatable bonds is 6. The van der Waals surface area contributed by atoms with Gasteiger partial charge in [-0.15, -0.1) is 0 Å². The molecule has 0 aliphatic carbocycles. The van der Waals surface area contributed by atoms with E-state index >= 15 is 0 Å². The molecule has 0 aromatic heterocycles. The largest absolute Gasteiger partial charge is 0.393 e. The maximum absolute atomic E-state index is 9.61. The summed E-state index contributed by atoms with van der Waals surface area (Å²) >= 11 is 0. The number of benzene rings is 1. The van der Waals surface area contributed by atoms with Crippen molar-refractivity contribution in [3.8, 4) is 0 Å². The van der Waals surface area contributed by atoms with Crippen LogP contribution in [0.4, 0.5) is 0 Å². The molecule has 1 atom stereocenters. The van der Waals surface area contributed by atoms with E-state index in [9.17, 15) is 5.11 Å². The van der Waals surface area contributed by atoms with Crippen LogP contribution in [0.25, 0.3) is 0 Å². The van der Waals surface area contributed by atoms with Gasteiger partial charge in [0.2, 0.25) is 0 Å². The second kappa shape index (κ2) is 6.62. The Balaban J connectivity index is 2.37. The van der Waals surface area contributed by atoms with Gasteiger partial charge in [0.05, 0.1) is 6.10 Å². The van der Waals surface area contributed by atoms with Crippen LogP contribution in [0.3, 0.4) is 0 Å². The summed E-state index contributed by atoms with van der Waals surface area (Å²) in [6.45, 7) is 4.28. The summed E-state index contributed by atoms with van der Waals surface area (Å²) in [6, 6.07) is 8.72. The predicted octanol–water partition coefficient (Wildman–Crippen LogP) is 3.34. The standard InChI is InChI=1S/C14H22O/c1-3-5-14(15)11-10-13-8-6-12(4-2)7-9-13/h6-9,14-15H,3-5,10-11H2,1-2H3. The molecule has 0 amide bonds. The van der Waals surface area contributed by atoms with Crippen molar-refractivity contribution in [2.24, 2.45) is 0 Å². The Hall–Kier alpha value is -0.820. The summed E-state index contributed by atoms with van der Waals surface area (Å²) in [5, 5.41) is 9.61. The Bertz CT molecular complexity index is 263. The van der Waals surface area contributed by atoms with E-state index in [0.29, 0.717) is 0 Å². The van der Waals surface area contributed by atoms with E-state index in [1.807, 2.05) is 0 Å². The van der Waals surface area contributed by atoms with Gasteiger partial charge >= 0.3 is 0 Å². The molecule has 0 spiro atoms. The molecule has 0 aliphatic heterocycles. The Morgan fingerprint density at radius 1 is 1.00 bits per heavy atom. The fourth-order valence-electron chi connectivity index (χ4n) is 1.75. The van der Waals surface area contributed by atoms with Crippen molar-refractivity contribution in [3.05, 3.63) is 35.4 Å². The summed E-state index contributed by atoms with van der Waals surface area (Å²) in [7, 11) is 0. The lowest BCUT2D eigenvalue weighted by atomic mass is 10.0. The monoisotopic (exact) mass is 206 g/mol. The van der Waals surface area contributed by atoms with Crippen LogP contribution in [0.5, 0.6) is 0 Å². The van der Waals surface area contributed by atoms with Gasteiger partial charge in [-0.05, 0) is 36.8 Å². The average Bonchev–Trinajstić information content (AvgIpc) is 2.27. The Kier molecular flexibility index (Phi) is 5.41. The van der Waals surface area contributed by atoms with E-state index in [4.69, 9.17) is 0 Å². The minimum atomic E-state index is -0.124. The molecule has 15 heavy (non-hydrogen) atoms. The van der Waals surface area contributed by atoms with E-state index in [2.05, 4.69) is 38.1 Å². The normalized spacial score (nSPS) is 12.7. The van der Waals surface area contributed by atoms with Crippen LogP contribution in [-0.2, 0) is 12.8 Å². The van der Waals surface area contributed by atoms with Gasteiger partial charge in [0.15, 0.2) is 0 Å². The zero-order valence-corrected chi connectivity index (χ0v) is 9.87. The summed E-state index contributed by atoms with van der Waals surface area (Å²) in [5.41, 5.74) is 2.72. The van der Waals surface area contributed by atoms with E-state index < -0.39 is 0 Å². The number of hydrogen-bond acceptors (Lipinski definition) is 1. The van der Waals surface area contributed by atoms with Gasteiger partial charge in [-0.25, -0.2) is 0 Å². The molecule has 0 bridgehead atoms. The lowest BCUT2D eigenvalue weighted by molar-refractivity contribution is 0.154. The minimum absolute atomic E-state index is 0.124. The summed E-state index contributed by atoms with van der Waals surface area (Å²) in [4.78, 5) is 0. The Labute approximate surface area is 93.1 Å². The van der Waals surface area contributed by atoms with Crippen molar-refractivity contribution >= 4 is 0 Å². The highest BCUT2D eigenvalue weighted by Crippen LogP contribution is 2.10. The van der Waals surface area contributed by atoms with Crippen molar-refractivity contribution in [1.82, 2.24) is 0 Å². The molecule has 0 aliphatic rings. The number of hydrogen-bond donors (Lipinski definition) is 1. The first kappa shape index (κ1) is 12.3. The first-order valence-corrected chi connectivity index (χ1v) is 6.02. The van der Waals surface area contributed by atoms with E-state index in [-0.39, 0.29) is 6.10 Å². The molecule has 1 unspecified atom stereocenters. The van der Waals surface area contributed by atoms with Gasteiger partial charge in [-0.2, -0.15) is 0 Å². The Morgan fingerprint density at radius 2 is 1.60 bits per heavy atom. The highest BCUT2D eigenvalue weighted by molar-refractivity contribution is 5.22. The van der Waals surface area contributed by atoms with Crippen molar-refractivity contribution in [2.75, 3.05) is 0 Å². The molecule has 1 aromatic carbocycles. The minimum Gasteiger partial charge on any atom is -0.393 e. The lowest BCUT2D eigenvalue weighted by Crippen LogP contribution is -2.07. The van der Waals surface area contributed by atoms with Gasteiger partial charge in [-0.3, -0.25) is 0 Å². The van der Waals surface area contributed by atoms with Crippen molar-refractivity contribution in [2.45, 2.75) is 52.1 Å². The van der Waals surface area contributed by atoms with Crippen LogP contribution >= 0.6 is 0 Å². The Morgan fingerprint density at radius 3 is 2.13 bits per heavy atom. The van der Waals surface area contributed by atoms with Crippen LogP contribution in [0, 0.1) is 0 Å². The molecule has 0 saturated heterocycles. The van der Waals surface area contributed by atoms with Gasteiger partial charge in [0.1, 0.15) is 0 Å². The average molecular weight is 206 g/mol. The third-order valence-electron chi connectivity index (χ3n) is 2.82. The quantitative estimate of drug-likeness (QED) is 0.757. The summed E-state index contributed by atoms with van der Waals surface area (Å²) < 4.78 is 0. The molecule has 0 fully saturated rings. The molecule has 1 heteroatoms. The fourth-order valence-corrected chi connectivity index (χ4v) is 1.75. The first-order valence-electron chi connectivity index (χ1n) is 6.02.